The molecule has 0 aliphatic carbocycles. The summed E-state index contributed by atoms with van der Waals surface area (Å²) in [5.41, 5.74) is 2.21. The number of amides is 1. The van der Waals surface area contributed by atoms with Gasteiger partial charge < -0.3 is 10.6 Å². The summed E-state index contributed by atoms with van der Waals surface area (Å²) < 4.78 is 0. The van der Waals surface area contributed by atoms with Crippen LogP contribution in [0.15, 0.2) is 24.3 Å². The van der Waals surface area contributed by atoms with Crippen molar-refractivity contribution in [3.05, 3.63) is 29.8 Å². The predicted octanol–water partition coefficient (Wildman–Crippen LogP) is 3.95. The van der Waals surface area contributed by atoms with E-state index in [9.17, 15) is 4.79 Å². The highest BCUT2D eigenvalue weighted by Gasteiger charge is 2.14. The quantitative estimate of drug-likeness (QED) is 0.864. The Morgan fingerprint density at radius 3 is 2.43 bits per heavy atom. The van der Waals surface area contributed by atoms with E-state index in [1.807, 2.05) is 12.1 Å². The summed E-state index contributed by atoms with van der Waals surface area (Å²) in [4.78, 5) is 11.9. The van der Waals surface area contributed by atoms with Crippen LogP contribution >= 0.6 is 12.4 Å². The molecule has 1 fully saturated rings. The minimum atomic E-state index is 0. The van der Waals surface area contributed by atoms with E-state index >= 15 is 0 Å². The number of nitrogens with one attached hydrogen (secondary N) is 2. The maximum atomic E-state index is 11.9. The molecule has 2 rings (SSSR count). The molecule has 0 bridgehead atoms. The lowest BCUT2D eigenvalue weighted by atomic mass is 9.93. The van der Waals surface area contributed by atoms with Crippen molar-refractivity contribution in [2.45, 2.75) is 45.4 Å². The van der Waals surface area contributed by atoms with Crippen LogP contribution in [0.4, 0.5) is 5.69 Å². The molecule has 1 aromatic carbocycles. The number of piperidine rings is 1. The number of anilines is 1. The van der Waals surface area contributed by atoms with Crippen LogP contribution in [-0.2, 0) is 4.79 Å². The lowest BCUT2D eigenvalue weighted by Crippen LogP contribution is -2.28. The van der Waals surface area contributed by atoms with Crippen molar-refractivity contribution >= 4 is 24.0 Å². The zero-order chi connectivity index (χ0) is 14.4. The van der Waals surface area contributed by atoms with Gasteiger partial charge in [0.1, 0.15) is 0 Å². The Labute approximate surface area is 134 Å². The molecular weight excluding hydrogens is 284 g/mol. The molecule has 4 heteroatoms. The zero-order valence-electron chi connectivity index (χ0n) is 13.0. The molecule has 0 aromatic heterocycles. The van der Waals surface area contributed by atoms with Gasteiger partial charge in [-0.15, -0.1) is 12.4 Å². The van der Waals surface area contributed by atoms with Crippen molar-refractivity contribution in [3.8, 4) is 0 Å². The Morgan fingerprint density at radius 2 is 1.86 bits per heavy atom. The molecule has 0 atom stereocenters. The Balaban J connectivity index is 0.00000220. The number of carbonyl (C=O) groups is 1. The van der Waals surface area contributed by atoms with Gasteiger partial charge in [0.05, 0.1) is 0 Å². The summed E-state index contributed by atoms with van der Waals surface area (Å²) in [5, 5.41) is 6.35. The van der Waals surface area contributed by atoms with E-state index in [2.05, 4.69) is 36.6 Å². The molecule has 1 saturated heterocycles. The van der Waals surface area contributed by atoms with Crippen molar-refractivity contribution in [1.29, 1.82) is 0 Å². The summed E-state index contributed by atoms with van der Waals surface area (Å²) in [6, 6.07) is 8.18. The smallest absolute Gasteiger partial charge is 0.224 e. The van der Waals surface area contributed by atoms with E-state index in [1.54, 1.807) is 0 Å². The van der Waals surface area contributed by atoms with Crippen LogP contribution in [0.25, 0.3) is 0 Å². The molecule has 0 radical (unpaired) electrons. The lowest BCUT2D eigenvalue weighted by Gasteiger charge is -2.22. The summed E-state index contributed by atoms with van der Waals surface area (Å²) in [5.74, 6) is 1.38. The normalized spacial score (nSPS) is 15.6. The molecule has 1 amide bonds. The average molecular weight is 311 g/mol. The highest BCUT2D eigenvalue weighted by molar-refractivity contribution is 5.90. The molecule has 1 aliphatic heterocycles. The molecule has 0 spiro atoms. The van der Waals surface area contributed by atoms with Crippen molar-refractivity contribution in [2.24, 2.45) is 5.92 Å². The van der Waals surface area contributed by atoms with Gasteiger partial charge in [-0.1, -0.05) is 26.0 Å². The summed E-state index contributed by atoms with van der Waals surface area (Å²) in [6.45, 7) is 6.55. The topological polar surface area (TPSA) is 41.1 Å². The lowest BCUT2D eigenvalue weighted by molar-refractivity contribution is -0.116. The fourth-order valence-electron chi connectivity index (χ4n) is 2.68. The Kier molecular flexibility index (Phi) is 7.76. The minimum Gasteiger partial charge on any atom is -0.326 e. The molecule has 0 unspecified atom stereocenters. The van der Waals surface area contributed by atoms with Crippen LogP contribution in [0.2, 0.25) is 0 Å². The number of hydrogen-bond donors (Lipinski definition) is 2. The largest absolute Gasteiger partial charge is 0.326 e. The summed E-state index contributed by atoms with van der Waals surface area (Å²) in [6.07, 6.45) is 4.06. The average Bonchev–Trinajstić information content (AvgIpc) is 2.47. The molecule has 1 aliphatic rings. The number of halogens is 1. The van der Waals surface area contributed by atoms with Gasteiger partial charge in [-0.3, -0.25) is 4.79 Å². The van der Waals surface area contributed by atoms with Gasteiger partial charge in [-0.05, 0) is 61.9 Å². The highest BCUT2D eigenvalue weighted by atomic mass is 35.5. The van der Waals surface area contributed by atoms with Crippen LogP contribution in [-0.4, -0.2) is 19.0 Å². The molecule has 2 N–H and O–H groups in total. The Morgan fingerprint density at radius 1 is 1.24 bits per heavy atom. The van der Waals surface area contributed by atoms with Gasteiger partial charge in [0.25, 0.3) is 0 Å². The van der Waals surface area contributed by atoms with Crippen molar-refractivity contribution < 1.29 is 4.79 Å². The second-order valence-corrected chi connectivity index (χ2v) is 6.06. The first kappa shape index (κ1) is 18.0. The van der Waals surface area contributed by atoms with Crippen molar-refractivity contribution in [3.63, 3.8) is 0 Å². The van der Waals surface area contributed by atoms with E-state index < -0.39 is 0 Å². The number of rotatable bonds is 5. The van der Waals surface area contributed by atoms with Gasteiger partial charge in [0.2, 0.25) is 5.91 Å². The van der Waals surface area contributed by atoms with Gasteiger partial charge in [-0.2, -0.15) is 0 Å². The second-order valence-electron chi connectivity index (χ2n) is 6.06. The third-order valence-corrected chi connectivity index (χ3v) is 4.10. The molecule has 21 heavy (non-hydrogen) atoms. The molecule has 0 saturated carbocycles. The van der Waals surface area contributed by atoms with Gasteiger partial charge >= 0.3 is 0 Å². The Hall–Kier alpha value is -1.06. The SMILES string of the molecule is CC(C)c1ccc(NC(=O)CCC2CCNCC2)cc1.Cl. The maximum absolute atomic E-state index is 11.9. The highest BCUT2D eigenvalue weighted by Crippen LogP contribution is 2.19. The monoisotopic (exact) mass is 310 g/mol. The van der Waals surface area contributed by atoms with Gasteiger partial charge in [0.15, 0.2) is 0 Å². The van der Waals surface area contributed by atoms with Crippen molar-refractivity contribution in [2.75, 3.05) is 18.4 Å². The van der Waals surface area contributed by atoms with Crippen molar-refractivity contribution in [1.82, 2.24) is 5.32 Å². The fraction of sp³-hybridized carbons (Fsp3) is 0.588. The van der Waals surface area contributed by atoms with E-state index in [0.717, 1.165) is 25.2 Å². The predicted molar refractivity (Wildman–Crippen MR) is 91.2 cm³/mol. The van der Waals surface area contributed by atoms with Crippen LogP contribution < -0.4 is 10.6 Å². The van der Waals surface area contributed by atoms with E-state index in [1.165, 1.54) is 18.4 Å². The molecule has 1 heterocycles. The van der Waals surface area contributed by atoms with Crippen LogP contribution in [0.3, 0.4) is 0 Å². The summed E-state index contributed by atoms with van der Waals surface area (Å²) >= 11 is 0. The van der Waals surface area contributed by atoms with Gasteiger partial charge in [0, 0.05) is 12.1 Å². The van der Waals surface area contributed by atoms with Crippen LogP contribution in [0, 0.1) is 5.92 Å². The number of benzene rings is 1. The van der Waals surface area contributed by atoms with E-state index in [4.69, 9.17) is 0 Å². The Bertz CT molecular complexity index is 425. The zero-order valence-corrected chi connectivity index (χ0v) is 13.8. The first-order valence-electron chi connectivity index (χ1n) is 7.75. The molecule has 3 nitrogen and oxygen atoms in total. The van der Waals surface area contributed by atoms with E-state index in [-0.39, 0.29) is 18.3 Å². The minimum absolute atomic E-state index is 0. The second kappa shape index (κ2) is 9.06. The van der Waals surface area contributed by atoms with Crippen LogP contribution in [0.5, 0.6) is 0 Å². The van der Waals surface area contributed by atoms with Crippen LogP contribution in [0.1, 0.15) is 51.0 Å². The summed E-state index contributed by atoms with van der Waals surface area (Å²) in [7, 11) is 0. The number of carbonyl (C=O) groups excluding carboxylic acids is 1. The fourth-order valence-corrected chi connectivity index (χ4v) is 2.68. The third-order valence-electron chi connectivity index (χ3n) is 4.10. The molecule has 118 valence electrons. The third kappa shape index (κ3) is 6.06. The molecule has 1 aromatic rings. The standard InChI is InChI=1S/C17H26N2O.ClH/c1-13(2)15-4-6-16(7-5-15)19-17(20)8-3-14-9-11-18-12-10-14;/h4-7,13-14,18H,3,8-12H2,1-2H3,(H,19,20);1H. The maximum Gasteiger partial charge on any atom is 0.224 e. The first-order chi connectivity index (χ1) is 9.65. The first-order valence-corrected chi connectivity index (χ1v) is 7.75. The number of hydrogen-bond acceptors (Lipinski definition) is 2. The van der Waals surface area contributed by atoms with Gasteiger partial charge in [-0.25, -0.2) is 0 Å². The van der Waals surface area contributed by atoms with E-state index in [0.29, 0.717) is 18.3 Å². The molecular formula is C17H27ClN2O.